The van der Waals surface area contributed by atoms with Gasteiger partial charge in [-0.3, -0.25) is 0 Å². The van der Waals surface area contributed by atoms with E-state index < -0.39 is 6.36 Å². The van der Waals surface area contributed by atoms with E-state index in [4.69, 9.17) is 9.97 Å². The van der Waals surface area contributed by atoms with Gasteiger partial charge >= 0.3 is 6.36 Å². The van der Waals surface area contributed by atoms with Gasteiger partial charge in [0.2, 0.25) is 0 Å². The Morgan fingerprint density at radius 2 is 1.61 bits per heavy atom. The van der Waals surface area contributed by atoms with Gasteiger partial charge < -0.3 is 4.74 Å². The lowest BCUT2D eigenvalue weighted by Crippen LogP contribution is -2.17. The summed E-state index contributed by atoms with van der Waals surface area (Å²) in [4.78, 5) is 9.52. The molecule has 0 bridgehead atoms. The van der Waals surface area contributed by atoms with Crippen LogP contribution >= 0.6 is 0 Å². The van der Waals surface area contributed by atoms with Crippen molar-refractivity contribution in [3.63, 3.8) is 0 Å². The predicted octanol–water partition coefficient (Wildman–Crippen LogP) is 6.98. The number of benzene rings is 1. The lowest BCUT2D eigenvalue weighted by atomic mass is 9.92. The molecule has 1 aromatic carbocycles. The Morgan fingerprint density at radius 1 is 0.964 bits per heavy atom. The first-order valence-corrected chi connectivity index (χ1v) is 9.85. The second kappa shape index (κ2) is 9.39. The van der Waals surface area contributed by atoms with Crippen molar-refractivity contribution in [2.75, 3.05) is 0 Å². The standard InChI is InChI=1S/C22H29F3N2O/c1-6-14(3)8-9-17(7-2)21-26-16(5)15(4)20(27-21)18-10-12-19(13-11-18)28-22(23,24)25/h10-14,17H,6-9H2,1-5H3. The lowest BCUT2D eigenvalue weighted by Gasteiger charge is -2.19. The van der Waals surface area contributed by atoms with E-state index in [0.717, 1.165) is 54.0 Å². The topological polar surface area (TPSA) is 35.0 Å². The Labute approximate surface area is 165 Å². The van der Waals surface area contributed by atoms with Crippen LogP contribution in [0.25, 0.3) is 11.3 Å². The van der Waals surface area contributed by atoms with E-state index in [1.165, 1.54) is 12.1 Å². The minimum Gasteiger partial charge on any atom is -0.406 e. The average Bonchev–Trinajstić information content (AvgIpc) is 2.64. The second-order valence-corrected chi connectivity index (χ2v) is 7.41. The van der Waals surface area contributed by atoms with Crippen molar-refractivity contribution in [2.24, 2.45) is 5.92 Å². The molecule has 154 valence electrons. The van der Waals surface area contributed by atoms with E-state index in [9.17, 15) is 13.2 Å². The van der Waals surface area contributed by atoms with Gasteiger partial charge in [0.05, 0.1) is 5.69 Å². The summed E-state index contributed by atoms with van der Waals surface area (Å²) in [7, 11) is 0. The fourth-order valence-corrected chi connectivity index (χ4v) is 3.13. The summed E-state index contributed by atoms with van der Waals surface area (Å²) in [5.41, 5.74) is 3.36. The van der Waals surface area contributed by atoms with Gasteiger partial charge in [-0.15, -0.1) is 13.2 Å². The molecular weight excluding hydrogens is 365 g/mol. The van der Waals surface area contributed by atoms with Crippen LogP contribution in [-0.2, 0) is 0 Å². The number of hydrogen-bond donors (Lipinski definition) is 0. The summed E-state index contributed by atoms with van der Waals surface area (Å²) in [6.07, 6.45) is -0.422. The largest absolute Gasteiger partial charge is 0.573 e. The van der Waals surface area contributed by atoms with Gasteiger partial charge in [0.1, 0.15) is 11.6 Å². The van der Waals surface area contributed by atoms with Crippen molar-refractivity contribution in [1.29, 1.82) is 0 Å². The maximum atomic E-state index is 12.4. The molecule has 0 saturated carbocycles. The molecule has 0 N–H and O–H groups in total. The highest BCUT2D eigenvalue weighted by Gasteiger charge is 2.31. The summed E-state index contributed by atoms with van der Waals surface area (Å²) in [6.45, 7) is 10.5. The zero-order chi connectivity index (χ0) is 20.9. The SMILES string of the molecule is CCC(C)CCC(CC)c1nc(C)c(C)c(-c2ccc(OC(F)(F)F)cc2)n1. The van der Waals surface area contributed by atoms with Crippen LogP contribution in [0.1, 0.15) is 69.5 Å². The smallest absolute Gasteiger partial charge is 0.406 e. The van der Waals surface area contributed by atoms with Crippen LogP contribution in [0, 0.1) is 19.8 Å². The van der Waals surface area contributed by atoms with Crippen molar-refractivity contribution >= 4 is 0 Å². The van der Waals surface area contributed by atoms with E-state index in [1.807, 2.05) is 13.8 Å². The molecule has 6 heteroatoms. The number of aromatic nitrogens is 2. The molecule has 0 aliphatic rings. The third-order valence-corrected chi connectivity index (χ3v) is 5.33. The third kappa shape index (κ3) is 5.94. The van der Waals surface area contributed by atoms with Crippen LogP contribution in [0.4, 0.5) is 13.2 Å². The quantitative estimate of drug-likeness (QED) is 0.484. The molecule has 0 saturated heterocycles. The molecule has 2 aromatic rings. The summed E-state index contributed by atoms with van der Waals surface area (Å²) in [5, 5.41) is 0. The van der Waals surface area contributed by atoms with Gasteiger partial charge in [-0.2, -0.15) is 0 Å². The molecule has 0 fully saturated rings. The highest BCUT2D eigenvalue weighted by molar-refractivity contribution is 5.64. The summed E-state index contributed by atoms with van der Waals surface area (Å²) in [5.74, 6) is 1.53. The minimum absolute atomic E-state index is 0.236. The highest BCUT2D eigenvalue weighted by Crippen LogP contribution is 2.31. The van der Waals surface area contributed by atoms with Crippen molar-refractivity contribution in [3.05, 3.63) is 41.3 Å². The number of alkyl halides is 3. The lowest BCUT2D eigenvalue weighted by molar-refractivity contribution is -0.274. The number of hydrogen-bond acceptors (Lipinski definition) is 3. The summed E-state index contributed by atoms with van der Waals surface area (Å²) in [6, 6.07) is 5.86. The molecule has 3 nitrogen and oxygen atoms in total. The second-order valence-electron chi connectivity index (χ2n) is 7.41. The van der Waals surface area contributed by atoms with E-state index in [2.05, 4.69) is 25.5 Å². The first-order chi connectivity index (χ1) is 13.1. The van der Waals surface area contributed by atoms with Gasteiger partial charge in [-0.05, 0) is 62.4 Å². The van der Waals surface area contributed by atoms with Gasteiger partial charge in [-0.25, -0.2) is 9.97 Å². The van der Waals surface area contributed by atoms with Crippen LogP contribution in [0.3, 0.4) is 0 Å². The zero-order valence-corrected chi connectivity index (χ0v) is 17.2. The van der Waals surface area contributed by atoms with E-state index in [0.29, 0.717) is 5.92 Å². The monoisotopic (exact) mass is 394 g/mol. The maximum absolute atomic E-state index is 12.4. The Hall–Kier alpha value is -2.11. The number of ether oxygens (including phenoxy) is 1. The summed E-state index contributed by atoms with van der Waals surface area (Å²) < 4.78 is 41.1. The number of halogens is 3. The molecule has 2 rings (SSSR count). The van der Waals surface area contributed by atoms with Crippen molar-refractivity contribution in [3.8, 4) is 17.0 Å². The van der Waals surface area contributed by atoms with Crippen molar-refractivity contribution in [2.45, 2.75) is 72.6 Å². The van der Waals surface area contributed by atoms with Crippen LogP contribution in [0.2, 0.25) is 0 Å². The zero-order valence-electron chi connectivity index (χ0n) is 17.2. The molecular formula is C22H29F3N2O. The molecule has 2 unspecified atom stereocenters. The minimum atomic E-state index is -4.69. The number of aryl methyl sites for hydroxylation is 1. The van der Waals surface area contributed by atoms with Gasteiger partial charge in [-0.1, -0.05) is 33.6 Å². The molecule has 0 aliphatic heterocycles. The molecule has 2 atom stereocenters. The Bertz CT molecular complexity index is 773. The van der Waals surface area contributed by atoms with Crippen molar-refractivity contribution in [1.82, 2.24) is 9.97 Å². The Morgan fingerprint density at radius 3 is 2.14 bits per heavy atom. The molecule has 1 aromatic heterocycles. The average molecular weight is 394 g/mol. The van der Waals surface area contributed by atoms with Gasteiger partial charge in [0.15, 0.2) is 0 Å². The summed E-state index contributed by atoms with van der Waals surface area (Å²) >= 11 is 0. The fraction of sp³-hybridized carbons (Fsp3) is 0.545. The number of rotatable bonds is 8. The molecule has 0 amide bonds. The van der Waals surface area contributed by atoms with Crippen LogP contribution in [0.15, 0.2) is 24.3 Å². The van der Waals surface area contributed by atoms with Crippen molar-refractivity contribution < 1.29 is 17.9 Å². The third-order valence-electron chi connectivity index (χ3n) is 5.33. The van der Waals surface area contributed by atoms with Crippen LogP contribution < -0.4 is 4.74 Å². The normalized spacial score (nSPS) is 14.0. The van der Waals surface area contributed by atoms with Gasteiger partial charge in [0.25, 0.3) is 0 Å². The Kier molecular flexibility index (Phi) is 7.44. The first kappa shape index (κ1) is 22.2. The molecule has 0 spiro atoms. The maximum Gasteiger partial charge on any atom is 0.573 e. The fourth-order valence-electron chi connectivity index (χ4n) is 3.13. The van der Waals surface area contributed by atoms with E-state index in [1.54, 1.807) is 12.1 Å². The van der Waals surface area contributed by atoms with Crippen LogP contribution in [-0.4, -0.2) is 16.3 Å². The number of nitrogens with zero attached hydrogens (tertiary/aromatic N) is 2. The van der Waals surface area contributed by atoms with E-state index >= 15 is 0 Å². The molecule has 0 aliphatic carbocycles. The molecule has 0 radical (unpaired) electrons. The molecule has 28 heavy (non-hydrogen) atoms. The Balaban J connectivity index is 2.32. The van der Waals surface area contributed by atoms with E-state index in [-0.39, 0.29) is 11.7 Å². The van der Waals surface area contributed by atoms with Crippen LogP contribution in [0.5, 0.6) is 5.75 Å². The highest BCUT2D eigenvalue weighted by atomic mass is 19.4. The predicted molar refractivity (Wildman–Crippen MR) is 105 cm³/mol. The molecule has 1 heterocycles. The van der Waals surface area contributed by atoms with Gasteiger partial charge in [0, 0.05) is 17.2 Å². The first-order valence-electron chi connectivity index (χ1n) is 9.85.